The average Bonchev–Trinajstić information content (AvgIpc) is 2.63. The van der Waals surface area contributed by atoms with Crippen LogP contribution < -0.4 is 11.3 Å². The largest absolute Gasteiger partial charge is 0.297 e. The first-order chi connectivity index (χ1) is 8.62. The lowest BCUT2D eigenvalue weighted by Crippen LogP contribution is -2.59. The van der Waals surface area contributed by atoms with Crippen molar-refractivity contribution in [1.29, 1.82) is 0 Å². The molecule has 3 nitrogen and oxygen atoms in total. The van der Waals surface area contributed by atoms with Gasteiger partial charge in [0.25, 0.3) is 0 Å². The van der Waals surface area contributed by atoms with E-state index in [9.17, 15) is 0 Å². The van der Waals surface area contributed by atoms with Gasteiger partial charge in [0.05, 0.1) is 0 Å². The Morgan fingerprint density at radius 2 is 1.89 bits per heavy atom. The number of nitrogens with one attached hydrogen (secondary N) is 1. The van der Waals surface area contributed by atoms with Crippen LogP contribution in [0.4, 0.5) is 0 Å². The van der Waals surface area contributed by atoms with Crippen LogP contribution in [0.1, 0.15) is 58.8 Å². The molecule has 0 aromatic carbocycles. The molecule has 3 heteroatoms. The molecule has 106 valence electrons. The second-order valence-electron chi connectivity index (χ2n) is 5.99. The van der Waals surface area contributed by atoms with Gasteiger partial charge in [-0.15, -0.1) is 6.58 Å². The van der Waals surface area contributed by atoms with Crippen molar-refractivity contribution in [3.8, 4) is 0 Å². The van der Waals surface area contributed by atoms with Gasteiger partial charge in [-0.3, -0.25) is 16.2 Å². The lowest BCUT2D eigenvalue weighted by atomic mass is 9.88. The summed E-state index contributed by atoms with van der Waals surface area (Å²) in [6, 6.07) is 0.357. The van der Waals surface area contributed by atoms with E-state index in [1.165, 1.54) is 38.8 Å². The van der Waals surface area contributed by atoms with Gasteiger partial charge in [-0.1, -0.05) is 18.9 Å². The Morgan fingerprint density at radius 3 is 2.39 bits per heavy atom. The molecule has 1 unspecified atom stereocenters. The molecular weight excluding hydrogens is 222 g/mol. The molecule has 1 atom stereocenters. The van der Waals surface area contributed by atoms with E-state index in [0.717, 1.165) is 19.3 Å². The van der Waals surface area contributed by atoms with E-state index >= 15 is 0 Å². The molecule has 1 heterocycles. The molecule has 0 amide bonds. The summed E-state index contributed by atoms with van der Waals surface area (Å²) in [6.45, 7) is 10.9. The molecule has 1 saturated heterocycles. The maximum Gasteiger partial charge on any atom is 0.0389 e. The van der Waals surface area contributed by atoms with Gasteiger partial charge in [0.15, 0.2) is 0 Å². The summed E-state index contributed by atoms with van der Waals surface area (Å²) >= 11 is 0. The second kappa shape index (κ2) is 7.93. The number of nitrogens with zero attached hydrogens (tertiary/aromatic N) is 1. The maximum atomic E-state index is 5.78. The predicted molar refractivity (Wildman–Crippen MR) is 79.3 cm³/mol. The topological polar surface area (TPSA) is 41.3 Å². The van der Waals surface area contributed by atoms with Crippen molar-refractivity contribution >= 4 is 0 Å². The molecule has 1 aliphatic rings. The Hall–Kier alpha value is -0.380. The van der Waals surface area contributed by atoms with Gasteiger partial charge in [0.1, 0.15) is 0 Å². The molecule has 0 aromatic rings. The van der Waals surface area contributed by atoms with Gasteiger partial charge in [-0.2, -0.15) is 0 Å². The summed E-state index contributed by atoms with van der Waals surface area (Å²) in [6.07, 6.45) is 10.8. The zero-order valence-corrected chi connectivity index (χ0v) is 12.3. The normalized spacial score (nSPS) is 20.4. The Balaban J connectivity index is 2.58. The molecule has 0 radical (unpaired) electrons. The molecule has 3 N–H and O–H groups in total. The van der Waals surface area contributed by atoms with Crippen molar-refractivity contribution in [3.05, 3.63) is 12.7 Å². The molecule has 1 fully saturated rings. The number of unbranched alkanes of at least 4 members (excludes halogenated alkanes) is 1. The highest BCUT2D eigenvalue weighted by atomic mass is 15.3. The summed E-state index contributed by atoms with van der Waals surface area (Å²) in [5.74, 6) is 5.78. The summed E-state index contributed by atoms with van der Waals surface area (Å²) in [7, 11) is 0. The van der Waals surface area contributed by atoms with Crippen LogP contribution in [0, 0.1) is 0 Å². The Kier molecular flexibility index (Phi) is 6.90. The number of allylic oxidation sites excluding steroid dienone is 1. The predicted octanol–water partition coefficient (Wildman–Crippen LogP) is 2.83. The van der Waals surface area contributed by atoms with Crippen molar-refractivity contribution < 1.29 is 0 Å². The summed E-state index contributed by atoms with van der Waals surface area (Å²) in [4.78, 5) is 2.62. The van der Waals surface area contributed by atoms with E-state index in [1.807, 2.05) is 6.08 Å². The van der Waals surface area contributed by atoms with Crippen molar-refractivity contribution in [2.75, 3.05) is 13.1 Å². The van der Waals surface area contributed by atoms with Crippen molar-refractivity contribution in [2.45, 2.75) is 70.4 Å². The molecule has 0 aliphatic carbocycles. The zero-order valence-electron chi connectivity index (χ0n) is 12.3. The highest BCUT2D eigenvalue weighted by Crippen LogP contribution is 2.25. The summed E-state index contributed by atoms with van der Waals surface area (Å²) in [5.41, 5.74) is 3.18. The third-order valence-electron chi connectivity index (χ3n) is 4.38. The smallest absolute Gasteiger partial charge is 0.0389 e. The first kappa shape index (κ1) is 15.7. The first-order valence-electron chi connectivity index (χ1n) is 7.45. The molecule has 0 saturated carbocycles. The molecule has 1 rings (SSSR count). The number of hydrogen-bond acceptors (Lipinski definition) is 3. The van der Waals surface area contributed by atoms with Crippen LogP contribution in [-0.2, 0) is 0 Å². The summed E-state index contributed by atoms with van der Waals surface area (Å²) in [5, 5.41) is 0. The summed E-state index contributed by atoms with van der Waals surface area (Å²) < 4.78 is 0. The van der Waals surface area contributed by atoms with Crippen molar-refractivity contribution in [2.24, 2.45) is 5.84 Å². The highest BCUT2D eigenvalue weighted by molar-refractivity contribution is 4.93. The van der Waals surface area contributed by atoms with Crippen LogP contribution in [0.25, 0.3) is 0 Å². The zero-order chi connectivity index (χ0) is 13.4. The quantitative estimate of drug-likeness (QED) is 0.317. The van der Waals surface area contributed by atoms with Crippen molar-refractivity contribution in [1.82, 2.24) is 10.3 Å². The van der Waals surface area contributed by atoms with E-state index < -0.39 is 0 Å². The van der Waals surface area contributed by atoms with Gasteiger partial charge in [-0.25, -0.2) is 0 Å². The average molecular weight is 253 g/mol. The number of hydrogen-bond donors (Lipinski definition) is 2. The fraction of sp³-hybridized carbons (Fsp3) is 0.867. The lowest BCUT2D eigenvalue weighted by molar-refractivity contribution is 0.0793. The maximum absolute atomic E-state index is 5.78. The van der Waals surface area contributed by atoms with Gasteiger partial charge in [-0.05, 0) is 59.0 Å². The van der Waals surface area contributed by atoms with Crippen LogP contribution in [0.3, 0.4) is 0 Å². The SMILES string of the molecule is C=CCCCC(NN)C(C)(C)N1CCCCCC1. The Bertz CT molecular complexity index is 230. The fourth-order valence-corrected chi connectivity index (χ4v) is 2.97. The molecule has 1 aliphatic heterocycles. The third kappa shape index (κ3) is 4.38. The van der Waals surface area contributed by atoms with Gasteiger partial charge in [0, 0.05) is 11.6 Å². The minimum absolute atomic E-state index is 0.139. The number of likely N-dealkylation sites (tertiary alicyclic amines) is 1. The van der Waals surface area contributed by atoms with E-state index in [-0.39, 0.29) is 5.54 Å². The van der Waals surface area contributed by atoms with Crippen molar-refractivity contribution in [3.63, 3.8) is 0 Å². The van der Waals surface area contributed by atoms with Crippen LogP contribution in [0.5, 0.6) is 0 Å². The van der Waals surface area contributed by atoms with Gasteiger partial charge >= 0.3 is 0 Å². The highest BCUT2D eigenvalue weighted by Gasteiger charge is 2.34. The number of nitrogens with two attached hydrogens (primary N) is 1. The molecule has 18 heavy (non-hydrogen) atoms. The van der Waals surface area contributed by atoms with E-state index in [1.54, 1.807) is 0 Å². The third-order valence-corrected chi connectivity index (χ3v) is 4.38. The van der Waals surface area contributed by atoms with Gasteiger partial charge < -0.3 is 0 Å². The molecule has 0 spiro atoms. The van der Waals surface area contributed by atoms with Crippen LogP contribution >= 0.6 is 0 Å². The van der Waals surface area contributed by atoms with E-state index in [0.29, 0.717) is 6.04 Å². The molecular formula is C15H31N3. The molecule has 0 bridgehead atoms. The lowest BCUT2D eigenvalue weighted by Gasteiger charge is -2.43. The Morgan fingerprint density at radius 1 is 1.28 bits per heavy atom. The number of hydrazine groups is 1. The monoisotopic (exact) mass is 253 g/mol. The fourth-order valence-electron chi connectivity index (χ4n) is 2.97. The van der Waals surface area contributed by atoms with E-state index in [2.05, 4.69) is 30.8 Å². The minimum Gasteiger partial charge on any atom is -0.297 e. The first-order valence-corrected chi connectivity index (χ1v) is 7.45. The van der Waals surface area contributed by atoms with Crippen LogP contribution in [-0.4, -0.2) is 29.6 Å². The van der Waals surface area contributed by atoms with Gasteiger partial charge in [0.2, 0.25) is 0 Å². The van der Waals surface area contributed by atoms with Crippen LogP contribution in [0.15, 0.2) is 12.7 Å². The number of rotatable bonds is 7. The minimum atomic E-state index is 0.139. The standard InChI is InChI=1S/C15H31N3/c1-4-5-8-11-14(17-16)15(2,3)18-12-9-6-7-10-13-18/h4,14,17H,1,5-13,16H2,2-3H3. The Labute approximate surface area is 113 Å². The second-order valence-corrected chi connectivity index (χ2v) is 5.99. The van der Waals surface area contributed by atoms with Crippen LogP contribution in [0.2, 0.25) is 0 Å². The molecule has 0 aromatic heterocycles. The van der Waals surface area contributed by atoms with E-state index in [4.69, 9.17) is 5.84 Å².